The molecule has 0 spiro atoms. The second-order valence-corrected chi connectivity index (χ2v) is 3.63. The molecule has 75 valence electrons. The van der Waals surface area contributed by atoms with Crippen molar-refractivity contribution in [2.45, 2.75) is 6.54 Å². The van der Waals surface area contributed by atoms with Gasteiger partial charge in [-0.05, 0) is 17.7 Å². The lowest BCUT2D eigenvalue weighted by molar-refractivity contribution is 1.15. The average molecular weight is 217 g/mol. The topological polar surface area (TPSA) is 12.0 Å². The summed E-state index contributed by atoms with van der Waals surface area (Å²) in [7, 11) is 0. The van der Waals surface area contributed by atoms with Crippen molar-refractivity contribution in [3.05, 3.63) is 65.2 Å². The van der Waals surface area contributed by atoms with Gasteiger partial charge in [0, 0.05) is 23.3 Å². The number of rotatable bonds is 3. The van der Waals surface area contributed by atoms with Gasteiger partial charge in [0.15, 0.2) is 0 Å². The standard InChI is InChI=1S/C13H11ClN/c14-13-9-5-4-6-11(13)10-15-12-7-2-1-3-8-12/h1-7,9,15H,10H2. The number of nitrogens with one attached hydrogen (secondary N) is 1. The Morgan fingerprint density at radius 3 is 2.60 bits per heavy atom. The molecule has 2 aromatic carbocycles. The zero-order chi connectivity index (χ0) is 10.5. The first kappa shape index (κ1) is 10.1. The Hall–Kier alpha value is -1.47. The van der Waals surface area contributed by atoms with Gasteiger partial charge in [0.2, 0.25) is 0 Å². The van der Waals surface area contributed by atoms with E-state index in [2.05, 4.69) is 11.4 Å². The fourth-order valence-electron chi connectivity index (χ4n) is 1.34. The summed E-state index contributed by atoms with van der Waals surface area (Å²) in [6, 6.07) is 18.7. The molecule has 0 bridgehead atoms. The molecule has 0 unspecified atom stereocenters. The largest absolute Gasteiger partial charge is 0.380 e. The number of halogens is 1. The summed E-state index contributed by atoms with van der Waals surface area (Å²) < 4.78 is 0. The van der Waals surface area contributed by atoms with Gasteiger partial charge in [-0.3, -0.25) is 0 Å². The lowest BCUT2D eigenvalue weighted by Crippen LogP contribution is -1.99. The molecule has 0 heterocycles. The first-order valence-corrected chi connectivity index (χ1v) is 5.18. The molecule has 0 atom stereocenters. The van der Waals surface area contributed by atoms with Crippen molar-refractivity contribution in [1.29, 1.82) is 0 Å². The van der Waals surface area contributed by atoms with E-state index >= 15 is 0 Å². The molecular weight excluding hydrogens is 206 g/mol. The van der Waals surface area contributed by atoms with E-state index in [1.54, 1.807) is 0 Å². The van der Waals surface area contributed by atoms with Gasteiger partial charge in [-0.2, -0.15) is 0 Å². The van der Waals surface area contributed by atoms with Crippen LogP contribution in [0.2, 0.25) is 5.02 Å². The predicted molar refractivity (Wildman–Crippen MR) is 64.1 cm³/mol. The van der Waals surface area contributed by atoms with Crippen LogP contribution in [0.25, 0.3) is 0 Å². The van der Waals surface area contributed by atoms with Gasteiger partial charge in [0.05, 0.1) is 0 Å². The smallest absolute Gasteiger partial charge is 0.0455 e. The number of hydrogen-bond donors (Lipinski definition) is 1. The first-order valence-electron chi connectivity index (χ1n) is 4.80. The van der Waals surface area contributed by atoms with Crippen LogP contribution in [0, 0.1) is 6.07 Å². The van der Waals surface area contributed by atoms with Gasteiger partial charge in [-0.25, -0.2) is 0 Å². The quantitative estimate of drug-likeness (QED) is 0.824. The van der Waals surface area contributed by atoms with Crippen LogP contribution in [-0.2, 0) is 6.54 Å². The molecule has 0 aliphatic heterocycles. The van der Waals surface area contributed by atoms with E-state index in [0.29, 0.717) is 0 Å². The summed E-state index contributed by atoms with van der Waals surface area (Å²) in [5.41, 5.74) is 2.08. The summed E-state index contributed by atoms with van der Waals surface area (Å²) in [5.74, 6) is 0. The zero-order valence-corrected chi connectivity index (χ0v) is 8.96. The minimum Gasteiger partial charge on any atom is -0.380 e. The van der Waals surface area contributed by atoms with Crippen LogP contribution in [0.3, 0.4) is 0 Å². The van der Waals surface area contributed by atoms with Crippen molar-refractivity contribution >= 4 is 17.3 Å². The van der Waals surface area contributed by atoms with E-state index in [1.165, 1.54) is 0 Å². The summed E-state index contributed by atoms with van der Waals surface area (Å²) in [4.78, 5) is 0. The summed E-state index contributed by atoms with van der Waals surface area (Å²) in [5, 5.41) is 4.05. The third kappa shape index (κ3) is 2.74. The minimum atomic E-state index is 0.722. The maximum Gasteiger partial charge on any atom is 0.0455 e. The summed E-state index contributed by atoms with van der Waals surface area (Å²) >= 11 is 6.04. The third-order valence-electron chi connectivity index (χ3n) is 2.14. The van der Waals surface area contributed by atoms with Crippen molar-refractivity contribution < 1.29 is 0 Å². The third-order valence-corrected chi connectivity index (χ3v) is 2.50. The monoisotopic (exact) mass is 216 g/mol. The maximum atomic E-state index is 6.04. The van der Waals surface area contributed by atoms with E-state index in [4.69, 9.17) is 11.6 Å². The Bertz CT molecular complexity index is 426. The van der Waals surface area contributed by atoms with Crippen LogP contribution >= 0.6 is 11.6 Å². The van der Waals surface area contributed by atoms with Crippen LogP contribution in [0.15, 0.2) is 48.5 Å². The zero-order valence-electron chi connectivity index (χ0n) is 8.20. The van der Waals surface area contributed by atoms with Gasteiger partial charge in [0.25, 0.3) is 0 Å². The van der Waals surface area contributed by atoms with Crippen LogP contribution in [-0.4, -0.2) is 0 Å². The SMILES string of the molecule is Clc1ccccc1CNc1[c]cccc1. The molecule has 0 aromatic heterocycles. The van der Waals surface area contributed by atoms with Gasteiger partial charge >= 0.3 is 0 Å². The van der Waals surface area contributed by atoms with E-state index in [1.807, 2.05) is 48.5 Å². The molecule has 0 aliphatic carbocycles. The highest BCUT2D eigenvalue weighted by molar-refractivity contribution is 6.31. The first-order chi connectivity index (χ1) is 7.36. The molecular formula is C13H11ClN. The Morgan fingerprint density at radius 1 is 1.07 bits per heavy atom. The van der Waals surface area contributed by atoms with Crippen molar-refractivity contribution in [2.24, 2.45) is 0 Å². The summed E-state index contributed by atoms with van der Waals surface area (Å²) in [6.07, 6.45) is 0. The Labute approximate surface area is 94.7 Å². The lowest BCUT2D eigenvalue weighted by Gasteiger charge is -2.07. The molecule has 0 saturated carbocycles. The second kappa shape index (κ2) is 4.85. The number of anilines is 1. The van der Waals surface area contributed by atoms with Crippen LogP contribution in [0.4, 0.5) is 5.69 Å². The molecule has 0 fully saturated rings. The fraction of sp³-hybridized carbons (Fsp3) is 0.0769. The van der Waals surface area contributed by atoms with Gasteiger partial charge in [-0.1, -0.05) is 48.0 Å². The molecule has 0 saturated heterocycles. The maximum absolute atomic E-state index is 6.04. The highest BCUT2D eigenvalue weighted by Gasteiger charge is 1.97. The van der Waals surface area contributed by atoms with Crippen LogP contribution < -0.4 is 5.32 Å². The lowest BCUT2D eigenvalue weighted by atomic mass is 10.2. The van der Waals surface area contributed by atoms with Crippen molar-refractivity contribution in [3.63, 3.8) is 0 Å². The highest BCUT2D eigenvalue weighted by atomic mass is 35.5. The van der Waals surface area contributed by atoms with Gasteiger partial charge in [-0.15, -0.1) is 0 Å². The molecule has 1 radical (unpaired) electrons. The molecule has 2 rings (SSSR count). The molecule has 1 nitrogen and oxygen atoms in total. The van der Waals surface area contributed by atoms with Crippen molar-refractivity contribution in [2.75, 3.05) is 5.32 Å². The Morgan fingerprint density at radius 2 is 1.87 bits per heavy atom. The molecule has 1 N–H and O–H groups in total. The highest BCUT2D eigenvalue weighted by Crippen LogP contribution is 2.16. The Kier molecular flexibility index (Phi) is 3.25. The molecule has 2 heteroatoms. The second-order valence-electron chi connectivity index (χ2n) is 3.22. The van der Waals surface area contributed by atoms with E-state index in [0.717, 1.165) is 22.8 Å². The molecule has 0 aliphatic rings. The molecule has 15 heavy (non-hydrogen) atoms. The fourth-order valence-corrected chi connectivity index (χ4v) is 1.54. The summed E-state index contributed by atoms with van der Waals surface area (Å²) in [6.45, 7) is 0.722. The molecule has 2 aromatic rings. The predicted octanol–water partition coefficient (Wildman–Crippen LogP) is 3.75. The molecule has 0 amide bonds. The van der Waals surface area contributed by atoms with Gasteiger partial charge in [0.1, 0.15) is 0 Å². The number of para-hydroxylation sites is 1. The van der Waals surface area contributed by atoms with Gasteiger partial charge < -0.3 is 5.32 Å². The number of hydrogen-bond acceptors (Lipinski definition) is 1. The number of benzene rings is 2. The van der Waals surface area contributed by atoms with Crippen LogP contribution in [0.5, 0.6) is 0 Å². The van der Waals surface area contributed by atoms with Crippen molar-refractivity contribution in [1.82, 2.24) is 0 Å². The van der Waals surface area contributed by atoms with E-state index < -0.39 is 0 Å². The Balaban J connectivity index is 2.03. The van der Waals surface area contributed by atoms with Crippen LogP contribution in [0.1, 0.15) is 5.56 Å². The minimum absolute atomic E-state index is 0.722. The normalized spacial score (nSPS) is 9.93. The van der Waals surface area contributed by atoms with Crippen molar-refractivity contribution in [3.8, 4) is 0 Å². The average Bonchev–Trinajstić information content (AvgIpc) is 2.29. The van der Waals surface area contributed by atoms with E-state index in [-0.39, 0.29) is 0 Å². The van der Waals surface area contributed by atoms with E-state index in [9.17, 15) is 0 Å².